The maximum absolute atomic E-state index is 13.5. The molecule has 0 spiro atoms. The molecule has 0 bridgehead atoms. The molecular weight excluding hydrogens is 205 g/mol. The lowest BCUT2D eigenvalue weighted by molar-refractivity contribution is 0.598. The van der Waals surface area contributed by atoms with E-state index in [-0.39, 0.29) is 11.6 Å². The largest absolute Gasteiger partial charge is 0.234 e. The number of hydrogen-bond donors (Lipinski definition) is 0. The monoisotopic (exact) mass is 221 g/mol. The molecule has 2 aromatic rings. The van der Waals surface area contributed by atoms with Crippen molar-refractivity contribution in [1.29, 1.82) is 0 Å². The Morgan fingerprint density at radius 3 is 2.62 bits per heavy atom. The van der Waals surface area contributed by atoms with Gasteiger partial charge in [0.25, 0.3) is 0 Å². The van der Waals surface area contributed by atoms with Crippen LogP contribution in [0.1, 0.15) is 26.3 Å². The predicted octanol–water partition coefficient (Wildman–Crippen LogP) is 3.00. The highest BCUT2D eigenvalue weighted by atomic mass is 19.1. The third-order valence-corrected chi connectivity index (χ3v) is 2.01. The molecule has 0 saturated carbocycles. The van der Waals surface area contributed by atoms with Gasteiger partial charge >= 0.3 is 0 Å². The average molecular weight is 221 g/mol. The van der Waals surface area contributed by atoms with Gasteiger partial charge in [0.2, 0.25) is 0 Å². The summed E-state index contributed by atoms with van der Waals surface area (Å²) in [5, 5.41) is 3.92. The Bertz CT molecular complexity index is 424. The maximum atomic E-state index is 13.5. The van der Waals surface area contributed by atoms with Crippen LogP contribution in [0.2, 0.25) is 0 Å². The fraction of sp³-hybridized carbons (Fsp3) is 0.333. The summed E-state index contributed by atoms with van der Waals surface area (Å²) >= 11 is 0. The molecule has 0 aromatic carbocycles. The topological polar surface area (TPSA) is 30.7 Å². The number of hydrogen-bond acceptors (Lipinski definition) is 2. The lowest BCUT2D eigenvalue weighted by atomic mass is 10.2. The van der Waals surface area contributed by atoms with Crippen LogP contribution in [0.5, 0.6) is 0 Å². The van der Waals surface area contributed by atoms with Crippen molar-refractivity contribution in [2.75, 3.05) is 0 Å². The van der Waals surface area contributed by atoms with Crippen molar-refractivity contribution in [2.45, 2.75) is 27.2 Å². The molecular formula is C12H16FN3. The van der Waals surface area contributed by atoms with E-state index in [2.05, 4.69) is 10.1 Å². The van der Waals surface area contributed by atoms with E-state index in [1.54, 1.807) is 24.7 Å². The summed E-state index contributed by atoms with van der Waals surface area (Å²) in [6.45, 7) is 5.96. The van der Waals surface area contributed by atoms with Crippen LogP contribution in [0, 0.1) is 5.82 Å². The molecule has 4 heteroatoms. The summed E-state index contributed by atoms with van der Waals surface area (Å²) in [6.07, 6.45) is 5.70. The van der Waals surface area contributed by atoms with Crippen LogP contribution in [0.4, 0.5) is 4.39 Å². The van der Waals surface area contributed by atoms with Crippen LogP contribution in [-0.2, 0) is 6.42 Å². The SMILES string of the molecule is CC.CCc1cnc(-n2cccn2)c(F)c1. The van der Waals surface area contributed by atoms with E-state index in [0.717, 1.165) is 12.0 Å². The quantitative estimate of drug-likeness (QED) is 0.780. The number of halogens is 1. The second-order valence-electron chi connectivity index (χ2n) is 2.95. The van der Waals surface area contributed by atoms with Crippen molar-refractivity contribution >= 4 is 0 Å². The molecule has 0 N–H and O–H groups in total. The minimum Gasteiger partial charge on any atom is -0.234 e. The first-order chi connectivity index (χ1) is 7.81. The molecule has 0 unspecified atom stereocenters. The minimum absolute atomic E-state index is 0.243. The number of nitrogens with zero attached hydrogens (tertiary/aromatic N) is 3. The Morgan fingerprint density at radius 2 is 2.12 bits per heavy atom. The van der Waals surface area contributed by atoms with Crippen molar-refractivity contribution in [3.63, 3.8) is 0 Å². The van der Waals surface area contributed by atoms with Crippen molar-refractivity contribution in [3.8, 4) is 5.82 Å². The number of rotatable bonds is 2. The molecule has 86 valence electrons. The highest BCUT2D eigenvalue weighted by Crippen LogP contribution is 2.10. The number of aromatic nitrogens is 3. The second-order valence-corrected chi connectivity index (χ2v) is 2.95. The summed E-state index contributed by atoms with van der Waals surface area (Å²) in [7, 11) is 0. The fourth-order valence-electron chi connectivity index (χ4n) is 1.23. The summed E-state index contributed by atoms with van der Waals surface area (Å²) in [5.41, 5.74) is 0.887. The molecule has 0 aliphatic rings. The molecule has 3 nitrogen and oxygen atoms in total. The highest BCUT2D eigenvalue weighted by molar-refractivity contribution is 5.26. The smallest absolute Gasteiger partial charge is 0.189 e. The third kappa shape index (κ3) is 2.66. The first-order valence-corrected chi connectivity index (χ1v) is 5.45. The van der Waals surface area contributed by atoms with Gasteiger partial charge in [0.15, 0.2) is 11.6 Å². The van der Waals surface area contributed by atoms with Gasteiger partial charge in [0.05, 0.1) is 0 Å². The van der Waals surface area contributed by atoms with Gasteiger partial charge < -0.3 is 0 Å². The molecule has 0 saturated heterocycles. The molecule has 0 atom stereocenters. The van der Waals surface area contributed by atoms with E-state index in [1.165, 1.54) is 10.7 Å². The van der Waals surface area contributed by atoms with Crippen LogP contribution in [0.3, 0.4) is 0 Å². The van der Waals surface area contributed by atoms with Gasteiger partial charge in [0.1, 0.15) is 0 Å². The van der Waals surface area contributed by atoms with Crippen LogP contribution in [0.25, 0.3) is 5.82 Å². The molecule has 2 aromatic heterocycles. The zero-order chi connectivity index (χ0) is 12.0. The Kier molecular flexibility index (Phi) is 4.64. The molecule has 0 aliphatic carbocycles. The fourth-order valence-corrected chi connectivity index (χ4v) is 1.23. The minimum atomic E-state index is -0.340. The summed E-state index contributed by atoms with van der Waals surface area (Å²) < 4.78 is 14.9. The Morgan fingerprint density at radius 1 is 1.38 bits per heavy atom. The Balaban J connectivity index is 0.000000606. The van der Waals surface area contributed by atoms with Gasteiger partial charge in [-0.1, -0.05) is 20.8 Å². The summed E-state index contributed by atoms with van der Waals surface area (Å²) in [4.78, 5) is 4.02. The maximum Gasteiger partial charge on any atom is 0.189 e. The number of pyridine rings is 1. The van der Waals surface area contributed by atoms with Gasteiger partial charge in [-0.25, -0.2) is 14.1 Å². The first-order valence-electron chi connectivity index (χ1n) is 5.45. The van der Waals surface area contributed by atoms with Crippen molar-refractivity contribution in [1.82, 2.24) is 14.8 Å². The summed E-state index contributed by atoms with van der Waals surface area (Å²) in [5.74, 6) is -0.0970. The summed E-state index contributed by atoms with van der Waals surface area (Å²) in [6, 6.07) is 3.22. The van der Waals surface area contributed by atoms with Gasteiger partial charge in [-0.2, -0.15) is 5.10 Å². The van der Waals surface area contributed by atoms with Crippen LogP contribution in [0.15, 0.2) is 30.7 Å². The molecule has 16 heavy (non-hydrogen) atoms. The van der Waals surface area contributed by atoms with E-state index in [4.69, 9.17) is 0 Å². The van der Waals surface area contributed by atoms with Crippen LogP contribution in [-0.4, -0.2) is 14.8 Å². The lowest BCUT2D eigenvalue weighted by Crippen LogP contribution is -2.02. The van der Waals surface area contributed by atoms with Crippen molar-refractivity contribution in [2.24, 2.45) is 0 Å². The van der Waals surface area contributed by atoms with Crippen molar-refractivity contribution in [3.05, 3.63) is 42.1 Å². The molecule has 2 heterocycles. The van der Waals surface area contributed by atoms with Gasteiger partial charge in [-0.3, -0.25) is 0 Å². The normalized spacial score (nSPS) is 9.50. The zero-order valence-corrected chi connectivity index (χ0v) is 9.81. The molecule has 0 amide bonds. The zero-order valence-electron chi connectivity index (χ0n) is 9.81. The average Bonchev–Trinajstić information content (AvgIpc) is 2.85. The van der Waals surface area contributed by atoms with E-state index in [1.807, 2.05) is 20.8 Å². The number of aryl methyl sites for hydroxylation is 1. The standard InChI is InChI=1S/C10H10FN3.C2H6/c1-2-8-6-9(11)10(12-7-8)14-5-3-4-13-14;1-2/h3-7H,2H2,1H3;1-2H3. The van der Waals surface area contributed by atoms with Crippen molar-refractivity contribution < 1.29 is 4.39 Å². The predicted molar refractivity (Wildman–Crippen MR) is 62.0 cm³/mol. The third-order valence-electron chi connectivity index (χ3n) is 2.01. The van der Waals surface area contributed by atoms with Crippen LogP contribution >= 0.6 is 0 Å². The van der Waals surface area contributed by atoms with E-state index in [9.17, 15) is 4.39 Å². The van der Waals surface area contributed by atoms with Gasteiger partial charge in [-0.15, -0.1) is 0 Å². The first kappa shape index (κ1) is 12.4. The van der Waals surface area contributed by atoms with E-state index < -0.39 is 0 Å². The van der Waals surface area contributed by atoms with Gasteiger partial charge in [0, 0.05) is 18.6 Å². The Hall–Kier alpha value is -1.71. The van der Waals surface area contributed by atoms with Crippen LogP contribution < -0.4 is 0 Å². The second kappa shape index (κ2) is 6.00. The van der Waals surface area contributed by atoms with E-state index in [0.29, 0.717) is 0 Å². The van der Waals surface area contributed by atoms with Gasteiger partial charge in [-0.05, 0) is 24.1 Å². The molecule has 0 aliphatic heterocycles. The Labute approximate surface area is 94.9 Å². The lowest BCUT2D eigenvalue weighted by Gasteiger charge is -2.03. The van der Waals surface area contributed by atoms with E-state index >= 15 is 0 Å². The molecule has 0 radical (unpaired) electrons. The molecule has 0 fully saturated rings. The molecule has 2 rings (SSSR count). The highest BCUT2D eigenvalue weighted by Gasteiger charge is 2.06.